The number of carbonyl (C=O) groups is 1. The van der Waals surface area contributed by atoms with Gasteiger partial charge in [-0.2, -0.15) is 5.10 Å². The van der Waals surface area contributed by atoms with Gasteiger partial charge in [0.05, 0.1) is 5.56 Å². The third kappa shape index (κ3) is 4.02. The first kappa shape index (κ1) is 13.9. The second kappa shape index (κ2) is 7.19. The quantitative estimate of drug-likeness (QED) is 0.669. The number of hydrazone groups is 1. The van der Waals surface area contributed by atoms with Crippen LogP contribution in [0, 0.1) is 0 Å². The Kier molecular flexibility index (Phi) is 5.00. The molecule has 1 heterocycles. The summed E-state index contributed by atoms with van der Waals surface area (Å²) in [4.78, 5) is 15.8. The van der Waals surface area contributed by atoms with Gasteiger partial charge in [-0.15, -0.1) is 0 Å². The summed E-state index contributed by atoms with van der Waals surface area (Å²) >= 11 is 0. The average molecular weight is 267 g/mol. The van der Waals surface area contributed by atoms with Crippen molar-refractivity contribution >= 4 is 11.6 Å². The summed E-state index contributed by atoms with van der Waals surface area (Å²) in [6, 6.07) is 13.5. The van der Waals surface area contributed by atoms with Crippen LogP contribution in [0.5, 0.6) is 0 Å². The lowest BCUT2D eigenvalue weighted by Crippen LogP contribution is -2.20. The summed E-state index contributed by atoms with van der Waals surface area (Å²) in [5, 5.41) is 4.20. The lowest BCUT2D eigenvalue weighted by atomic mass is 10.1. The van der Waals surface area contributed by atoms with Gasteiger partial charge in [0.1, 0.15) is 0 Å². The van der Waals surface area contributed by atoms with E-state index < -0.39 is 0 Å². The molecular weight excluding hydrogens is 250 g/mol. The van der Waals surface area contributed by atoms with Gasteiger partial charge in [-0.25, -0.2) is 5.43 Å². The van der Waals surface area contributed by atoms with E-state index in [0.29, 0.717) is 5.56 Å². The fourth-order valence-electron chi connectivity index (χ4n) is 1.77. The minimum absolute atomic E-state index is 0.239. The summed E-state index contributed by atoms with van der Waals surface area (Å²) in [5.41, 5.74) is 5.21. The van der Waals surface area contributed by atoms with Crippen LogP contribution in [0.1, 0.15) is 29.3 Å². The lowest BCUT2D eigenvalue weighted by molar-refractivity contribution is 0.0954. The first-order chi connectivity index (χ1) is 9.79. The molecule has 2 rings (SSSR count). The summed E-state index contributed by atoms with van der Waals surface area (Å²) in [5.74, 6) is -0.239. The summed E-state index contributed by atoms with van der Waals surface area (Å²) in [6.45, 7) is 2.03. The second-order valence-electron chi connectivity index (χ2n) is 4.38. The zero-order valence-electron chi connectivity index (χ0n) is 11.4. The molecular formula is C16H17N3O. The van der Waals surface area contributed by atoms with E-state index in [1.165, 1.54) is 11.8 Å². The molecule has 0 saturated heterocycles. The van der Waals surface area contributed by atoms with Crippen LogP contribution in [0.15, 0.2) is 60.0 Å². The van der Waals surface area contributed by atoms with E-state index in [4.69, 9.17) is 0 Å². The summed E-state index contributed by atoms with van der Waals surface area (Å²) < 4.78 is 0. The third-order valence-electron chi connectivity index (χ3n) is 2.90. The van der Waals surface area contributed by atoms with E-state index in [0.717, 1.165) is 18.6 Å². The first-order valence-electron chi connectivity index (χ1n) is 6.59. The number of pyridine rings is 1. The molecule has 102 valence electrons. The highest BCUT2D eigenvalue weighted by atomic mass is 16.2. The van der Waals surface area contributed by atoms with E-state index in [2.05, 4.69) is 15.5 Å². The second-order valence-corrected chi connectivity index (χ2v) is 4.38. The van der Waals surface area contributed by atoms with Crippen molar-refractivity contribution in [2.45, 2.75) is 19.8 Å². The normalized spacial score (nSPS) is 11.2. The smallest absolute Gasteiger partial charge is 0.267 e. The molecule has 0 aliphatic carbocycles. The van der Waals surface area contributed by atoms with Crippen molar-refractivity contribution in [1.82, 2.24) is 10.4 Å². The van der Waals surface area contributed by atoms with Crippen molar-refractivity contribution in [3.05, 3.63) is 66.0 Å². The van der Waals surface area contributed by atoms with Crippen LogP contribution in [-0.2, 0) is 6.42 Å². The van der Waals surface area contributed by atoms with E-state index >= 15 is 0 Å². The van der Waals surface area contributed by atoms with Gasteiger partial charge in [0.15, 0.2) is 0 Å². The van der Waals surface area contributed by atoms with Crippen LogP contribution >= 0.6 is 0 Å². The van der Waals surface area contributed by atoms with E-state index in [1.807, 2.05) is 37.3 Å². The molecule has 0 radical (unpaired) electrons. The highest BCUT2D eigenvalue weighted by Gasteiger charge is 2.05. The van der Waals surface area contributed by atoms with Crippen LogP contribution in [0.4, 0.5) is 0 Å². The Hall–Kier alpha value is -2.49. The van der Waals surface area contributed by atoms with Gasteiger partial charge in [-0.05, 0) is 24.1 Å². The van der Waals surface area contributed by atoms with Gasteiger partial charge in [-0.1, -0.05) is 37.3 Å². The number of hydrogen-bond acceptors (Lipinski definition) is 3. The molecule has 0 fully saturated rings. The van der Waals surface area contributed by atoms with Gasteiger partial charge in [0.2, 0.25) is 0 Å². The number of nitrogens with zero attached hydrogens (tertiary/aromatic N) is 2. The van der Waals surface area contributed by atoms with Crippen molar-refractivity contribution in [2.24, 2.45) is 5.10 Å². The standard InChI is InChI=1S/C16H17N3O/c1-2-15(11-13-7-4-3-5-8-13)18-19-16(20)14-9-6-10-17-12-14/h3-10,12H,2,11H2,1H3,(H,19,20)/b18-15-. The largest absolute Gasteiger partial charge is 0.272 e. The number of hydrogen-bond donors (Lipinski definition) is 1. The predicted octanol–water partition coefficient (Wildman–Crippen LogP) is 2.82. The minimum Gasteiger partial charge on any atom is -0.267 e. The maximum atomic E-state index is 11.9. The summed E-state index contributed by atoms with van der Waals surface area (Å²) in [6.07, 6.45) is 4.69. The Morgan fingerprint density at radius 2 is 2.00 bits per heavy atom. The topological polar surface area (TPSA) is 54.4 Å². The molecule has 0 saturated carbocycles. The highest BCUT2D eigenvalue weighted by Crippen LogP contribution is 2.03. The van der Waals surface area contributed by atoms with Crippen molar-refractivity contribution in [1.29, 1.82) is 0 Å². The molecule has 2 aromatic rings. The van der Waals surface area contributed by atoms with Crippen molar-refractivity contribution < 1.29 is 4.79 Å². The Labute approximate surface area is 118 Å². The average Bonchev–Trinajstić information content (AvgIpc) is 2.53. The molecule has 4 heteroatoms. The Morgan fingerprint density at radius 1 is 1.20 bits per heavy atom. The SMILES string of the molecule is CC/C(Cc1ccccc1)=N/NC(=O)c1cccnc1. The number of nitrogens with one attached hydrogen (secondary N) is 1. The molecule has 0 unspecified atom stereocenters. The first-order valence-corrected chi connectivity index (χ1v) is 6.59. The Balaban J connectivity index is 1.99. The monoisotopic (exact) mass is 267 g/mol. The molecule has 0 atom stereocenters. The molecule has 20 heavy (non-hydrogen) atoms. The third-order valence-corrected chi connectivity index (χ3v) is 2.90. The number of aromatic nitrogens is 1. The maximum Gasteiger partial charge on any atom is 0.272 e. The van der Waals surface area contributed by atoms with Gasteiger partial charge in [0, 0.05) is 24.5 Å². The van der Waals surface area contributed by atoms with Gasteiger partial charge in [-0.3, -0.25) is 9.78 Å². The predicted molar refractivity (Wildman–Crippen MR) is 79.6 cm³/mol. The number of benzene rings is 1. The molecule has 1 amide bonds. The lowest BCUT2D eigenvalue weighted by Gasteiger charge is -2.05. The number of carbonyl (C=O) groups excluding carboxylic acids is 1. The van der Waals surface area contributed by atoms with E-state index in [9.17, 15) is 4.79 Å². The molecule has 0 aliphatic rings. The fourth-order valence-corrected chi connectivity index (χ4v) is 1.77. The van der Waals surface area contributed by atoms with Gasteiger partial charge < -0.3 is 0 Å². The Morgan fingerprint density at radius 3 is 2.65 bits per heavy atom. The van der Waals surface area contributed by atoms with E-state index in [-0.39, 0.29) is 5.91 Å². The van der Waals surface area contributed by atoms with Crippen LogP contribution in [0.25, 0.3) is 0 Å². The molecule has 4 nitrogen and oxygen atoms in total. The number of rotatable bonds is 5. The van der Waals surface area contributed by atoms with Crippen molar-refractivity contribution in [2.75, 3.05) is 0 Å². The molecule has 1 aromatic carbocycles. The van der Waals surface area contributed by atoms with Crippen LogP contribution in [0.3, 0.4) is 0 Å². The van der Waals surface area contributed by atoms with Gasteiger partial charge in [0.25, 0.3) is 5.91 Å². The zero-order valence-corrected chi connectivity index (χ0v) is 11.4. The maximum absolute atomic E-state index is 11.9. The van der Waals surface area contributed by atoms with Crippen molar-refractivity contribution in [3.63, 3.8) is 0 Å². The molecule has 0 bridgehead atoms. The summed E-state index contributed by atoms with van der Waals surface area (Å²) in [7, 11) is 0. The molecule has 0 aliphatic heterocycles. The Bertz CT molecular complexity index is 579. The molecule has 1 aromatic heterocycles. The fraction of sp³-hybridized carbons (Fsp3) is 0.188. The molecule has 0 spiro atoms. The molecule has 1 N–H and O–H groups in total. The van der Waals surface area contributed by atoms with Crippen LogP contribution < -0.4 is 5.43 Å². The minimum atomic E-state index is -0.239. The zero-order chi connectivity index (χ0) is 14.2. The highest BCUT2D eigenvalue weighted by molar-refractivity contribution is 5.95. The van der Waals surface area contributed by atoms with E-state index in [1.54, 1.807) is 18.3 Å². The van der Waals surface area contributed by atoms with Gasteiger partial charge >= 0.3 is 0 Å². The van der Waals surface area contributed by atoms with Crippen LogP contribution in [-0.4, -0.2) is 16.6 Å². The number of amides is 1. The van der Waals surface area contributed by atoms with Crippen molar-refractivity contribution in [3.8, 4) is 0 Å². The van der Waals surface area contributed by atoms with Crippen LogP contribution in [0.2, 0.25) is 0 Å².